The molecule has 2 heteroatoms. The molecular formula is C40H24O2. The van der Waals surface area contributed by atoms with Crippen LogP contribution in [0.15, 0.2) is 155 Å². The highest BCUT2D eigenvalue weighted by Crippen LogP contribution is 2.44. The van der Waals surface area contributed by atoms with E-state index in [-0.39, 0.29) is 0 Å². The summed E-state index contributed by atoms with van der Waals surface area (Å²) in [5.41, 5.74) is 9.92. The largest absolute Gasteiger partial charge is 0.464 e. The predicted octanol–water partition coefficient (Wildman–Crippen LogP) is 11.6. The molecule has 0 fully saturated rings. The number of fused-ring (bicyclic) bond motifs is 7. The number of rotatable bonds is 3. The summed E-state index contributed by atoms with van der Waals surface area (Å²) in [6.07, 6.45) is 1.74. The minimum Gasteiger partial charge on any atom is -0.464 e. The lowest BCUT2D eigenvalue weighted by Crippen LogP contribution is -1.90. The minimum absolute atomic E-state index is 0.877. The van der Waals surface area contributed by atoms with Gasteiger partial charge in [-0.3, -0.25) is 0 Å². The van der Waals surface area contributed by atoms with E-state index in [1.54, 1.807) is 6.26 Å². The topological polar surface area (TPSA) is 26.3 Å². The highest BCUT2D eigenvalue weighted by atomic mass is 16.3. The van der Waals surface area contributed by atoms with Gasteiger partial charge in [-0.15, -0.1) is 0 Å². The molecule has 7 aromatic carbocycles. The molecule has 9 rings (SSSR count). The van der Waals surface area contributed by atoms with E-state index in [4.69, 9.17) is 8.83 Å². The summed E-state index contributed by atoms with van der Waals surface area (Å²) in [5.74, 6) is 0. The Morgan fingerprint density at radius 2 is 0.857 bits per heavy atom. The lowest BCUT2D eigenvalue weighted by molar-refractivity contribution is 0.615. The monoisotopic (exact) mass is 536 g/mol. The van der Waals surface area contributed by atoms with Gasteiger partial charge in [0.15, 0.2) is 0 Å². The Hall–Kier alpha value is -5.60. The molecule has 0 unspecified atom stereocenters. The van der Waals surface area contributed by atoms with Gasteiger partial charge in [0.25, 0.3) is 0 Å². The van der Waals surface area contributed by atoms with Gasteiger partial charge < -0.3 is 8.83 Å². The van der Waals surface area contributed by atoms with E-state index in [0.29, 0.717) is 0 Å². The fraction of sp³-hybridized carbons (Fsp3) is 0. The molecule has 2 heterocycles. The third-order valence-electron chi connectivity index (χ3n) is 8.57. The average molecular weight is 537 g/mol. The zero-order chi connectivity index (χ0) is 27.6. The number of benzene rings is 7. The van der Waals surface area contributed by atoms with Gasteiger partial charge >= 0.3 is 0 Å². The third-order valence-corrected chi connectivity index (χ3v) is 8.57. The molecule has 0 radical (unpaired) electrons. The lowest BCUT2D eigenvalue weighted by atomic mass is 9.86. The van der Waals surface area contributed by atoms with Crippen molar-refractivity contribution in [2.75, 3.05) is 0 Å². The van der Waals surface area contributed by atoms with Crippen molar-refractivity contribution >= 4 is 54.5 Å². The van der Waals surface area contributed by atoms with Crippen LogP contribution in [0.25, 0.3) is 87.8 Å². The summed E-state index contributed by atoms with van der Waals surface area (Å²) < 4.78 is 11.9. The van der Waals surface area contributed by atoms with E-state index in [2.05, 4.69) is 121 Å². The normalized spacial score (nSPS) is 11.8. The predicted molar refractivity (Wildman–Crippen MR) is 175 cm³/mol. The summed E-state index contributed by atoms with van der Waals surface area (Å²) in [5, 5.41) is 8.35. The van der Waals surface area contributed by atoms with E-state index >= 15 is 0 Å². The van der Waals surface area contributed by atoms with Crippen LogP contribution in [0.1, 0.15) is 0 Å². The average Bonchev–Trinajstić information content (AvgIpc) is 3.68. The molecule has 0 aliphatic heterocycles. The maximum Gasteiger partial charge on any atom is 0.136 e. The quantitative estimate of drug-likeness (QED) is 0.210. The van der Waals surface area contributed by atoms with Gasteiger partial charge in [-0.05, 0) is 85.3 Å². The van der Waals surface area contributed by atoms with E-state index in [9.17, 15) is 0 Å². The molecule has 2 aromatic heterocycles. The van der Waals surface area contributed by atoms with Crippen molar-refractivity contribution in [3.63, 3.8) is 0 Å². The molecule has 0 N–H and O–H groups in total. The Balaban J connectivity index is 1.20. The summed E-state index contributed by atoms with van der Waals surface area (Å²) in [7, 11) is 0. The molecular weight excluding hydrogens is 512 g/mol. The first kappa shape index (κ1) is 23.1. The van der Waals surface area contributed by atoms with Crippen LogP contribution in [0, 0.1) is 0 Å². The van der Waals surface area contributed by atoms with E-state index < -0.39 is 0 Å². The van der Waals surface area contributed by atoms with Gasteiger partial charge in [-0.25, -0.2) is 0 Å². The van der Waals surface area contributed by atoms with Gasteiger partial charge in [-0.2, -0.15) is 0 Å². The third kappa shape index (κ3) is 3.39. The van der Waals surface area contributed by atoms with Crippen molar-refractivity contribution in [1.29, 1.82) is 0 Å². The Bertz CT molecular complexity index is 2380. The number of hydrogen-bond acceptors (Lipinski definition) is 2. The van der Waals surface area contributed by atoms with Crippen LogP contribution in [-0.2, 0) is 0 Å². The summed E-state index contributed by atoms with van der Waals surface area (Å²) in [4.78, 5) is 0. The van der Waals surface area contributed by atoms with Crippen LogP contribution in [0.4, 0.5) is 0 Å². The highest BCUT2D eigenvalue weighted by molar-refractivity contribution is 6.21. The second kappa shape index (κ2) is 8.95. The van der Waals surface area contributed by atoms with Crippen LogP contribution in [0.5, 0.6) is 0 Å². The Morgan fingerprint density at radius 3 is 1.52 bits per heavy atom. The first-order chi connectivity index (χ1) is 20.8. The molecule has 9 aromatic rings. The van der Waals surface area contributed by atoms with Gasteiger partial charge in [0.2, 0.25) is 0 Å². The van der Waals surface area contributed by atoms with Crippen molar-refractivity contribution in [3.8, 4) is 33.4 Å². The zero-order valence-corrected chi connectivity index (χ0v) is 22.7. The van der Waals surface area contributed by atoms with Crippen molar-refractivity contribution in [2.24, 2.45) is 0 Å². The van der Waals surface area contributed by atoms with Crippen LogP contribution in [0.3, 0.4) is 0 Å². The summed E-state index contributed by atoms with van der Waals surface area (Å²) in [6, 6.07) is 49.7. The molecule has 0 aliphatic carbocycles. The maximum absolute atomic E-state index is 6.29. The minimum atomic E-state index is 0.877. The van der Waals surface area contributed by atoms with Crippen molar-refractivity contribution < 1.29 is 8.83 Å². The number of hydrogen-bond donors (Lipinski definition) is 0. The van der Waals surface area contributed by atoms with Gasteiger partial charge in [-0.1, -0.05) is 109 Å². The molecule has 0 saturated carbocycles. The van der Waals surface area contributed by atoms with Gasteiger partial charge in [0.1, 0.15) is 16.7 Å². The Kier molecular flexibility index (Phi) is 4.93. The molecule has 0 aliphatic rings. The molecule has 2 nitrogen and oxygen atoms in total. The molecule has 42 heavy (non-hydrogen) atoms. The molecule has 0 atom stereocenters. The van der Waals surface area contributed by atoms with E-state index in [0.717, 1.165) is 44.0 Å². The van der Waals surface area contributed by atoms with Crippen molar-refractivity contribution in [3.05, 3.63) is 146 Å². The van der Waals surface area contributed by atoms with Crippen LogP contribution in [0.2, 0.25) is 0 Å². The van der Waals surface area contributed by atoms with Gasteiger partial charge in [0, 0.05) is 16.2 Å². The second-order valence-corrected chi connectivity index (χ2v) is 10.9. The SMILES string of the molecule is c1ccc(-c2c3ccccc3c(-c3ccc(-c4ccc5c(c4)oc4ccc6occc6c45)cc3)c3ccccc23)cc1. The molecule has 196 valence electrons. The van der Waals surface area contributed by atoms with Crippen LogP contribution >= 0.6 is 0 Å². The fourth-order valence-electron chi connectivity index (χ4n) is 6.68. The first-order valence-corrected chi connectivity index (χ1v) is 14.3. The van der Waals surface area contributed by atoms with Crippen LogP contribution < -0.4 is 0 Å². The molecule has 0 spiro atoms. The van der Waals surface area contributed by atoms with Crippen molar-refractivity contribution in [1.82, 2.24) is 0 Å². The molecule has 0 saturated heterocycles. The molecule has 0 amide bonds. The zero-order valence-electron chi connectivity index (χ0n) is 22.7. The smallest absolute Gasteiger partial charge is 0.136 e. The van der Waals surface area contributed by atoms with E-state index in [1.165, 1.54) is 43.8 Å². The van der Waals surface area contributed by atoms with E-state index in [1.807, 2.05) is 18.2 Å². The fourth-order valence-corrected chi connectivity index (χ4v) is 6.68. The van der Waals surface area contributed by atoms with Gasteiger partial charge in [0.05, 0.1) is 6.26 Å². The first-order valence-electron chi connectivity index (χ1n) is 14.3. The summed E-state index contributed by atoms with van der Waals surface area (Å²) in [6.45, 7) is 0. The standard InChI is InChI=1S/C40H24O2/c1-2-8-26(9-3-1)38-29-10-4-6-12-31(29)39(32-13-7-5-11-30(32)38)27-16-14-25(15-17-27)28-18-19-33-37(24-28)42-36-21-20-35-34(40(33)36)22-23-41-35/h1-24H. The second-order valence-electron chi connectivity index (χ2n) is 10.9. The Morgan fingerprint density at radius 1 is 0.333 bits per heavy atom. The molecule has 0 bridgehead atoms. The maximum atomic E-state index is 6.29. The lowest BCUT2D eigenvalue weighted by Gasteiger charge is -2.18. The van der Waals surface area contributed by atoms with Crippen molar-refractivity contribution in [2.45, 2.75) is 0 Å². The highest BCUT2D eigenvalue weighted by Gasteiger charge is 2.17. The van der Waals surface area contributed by atoms with Crippen LogP contribution in [-0.4, -0.2) is 0 Å². The Labute approximate surface area is 242 Å². The summed E-state index contributed by atoms with van der Waals surface area (Å²) >= 11 is 0. The number of furan rings is 2.